The average Bonchev–Trinajstić information content (AvgIpc) is 3.10. The predicted molar refractivity (Wildman–Crippen MR) is 103 cm³/mol. The van der Waals surface area contributed by atoms with Crippen LogP contribution in [0.4, 0.5) is 16.2 Å². The molecule has 0 bridgehead atoms. The van der Waals surface area contributed by atoms with Crippen LogP contribution >= 0.6 is 0 Å². The van der Waals surface area contributed by atoms with Crippen LogP contribution in [0.3, 0.4) is 0 Å². The number of urea groups is 1. The van der Waals surface area contributed by atoms with Crippen molar-refractivity contribution in [2.75, 3.05) is 35.5 Å². The molecule has 0 saturated carbocycles. The Hall–Kier alpha value is -2.74. The minimum Gasteiger partial charge on any atom is -0.497 e. The van der Waals surface area contributed by atoms with Crippen molar-refractivity contribution < 1.29 is 22.7 Å². The van der Waals surface area contributed by atoms with Gasteiger partial charge in [0.15, 0.2) is 9.84 Å². The standard InChI is InChI=1S/C19H20N2O5S/c1-25-15-7-3-13(4-8-15)20-17-11-27(23,24)12-18(17)21(19(20)22)14-5-9-16(26-2)10-6-14/h3-10,17-18H,11-12H2,1-2H3. The van der Waals surface area contributed by atoms with Gasteiger partial charge in [0.1, 0.15) is 11.5 Å². The second-order valence-corrected chi connectivity index (χ2v) is 8.78. The molecule has 2 aromatic rings. The number of methoxy groups -OCH3 is 2. The van der Waals surface area contributed by atoms with Crippen molar-refractivity contribution >= 4 is 27.2 Å². The van der Waals surface area contributed by atoms with Crippen LogP contribution in [0.1, 0.15) is 0 Å². The number of fused-ring (bicyclic) bond motifs is 1. The van der Waals surface area contributed by atoms with Crippen LogP contribution in [-0.4, -0.2) is 52.3 Å². The summed E-state index contributed by atoms with van der Waals surface area (Å²) < 4.78 is 34.9. The van der Waals surface area contributed by atoms with Gasteiger partial charge in [0.05, 0.1) is 37.8 Å². The van der Waals surface area contributed by atoms with Gasteiger partial charge in [-0.3, -0.25) is 9.80 Å². The highest BCUT2D eigenvalue weighted by atomic mass is 32.2. The molecule has 27 heavy (non-hydrogen) atoms. The maximum absolute atomic E-state index is 13.2. The fraction of sp³-hybridized carbons (Fsp3) is 0.316. The van der Waals surface area contributed by atoms with Crippen LogP contribution in [0.2, 0.25) is 0 Å². The lowest BCUT2D eigenvalue weighted by atomic mass is 10.1. The molecule has 2 aliphatic rings. The fourth-order valence-corrected chi connectivity index (χ4v) is 5.71. The highest BCUT2D eigenvalue weighted by Crippen LogP contribution is 2.38. The zero-order valence-electron chi connectivity index (χ0n) is 15.0. The number of benzene rings is 2. The van der Waals surface area contributed by atoms with Crippen molar-refractivity contribution in [2.45, 2.75) is 12.1 Å². The third-order valence-electron chi connectivity index (χ3n) is 5.07. The Kier molecular flexibility index (Phi) is 4.22. The van der Waals surface area contributed by atoms with Crippen LogP contribution in [0.25, 0.3) is 0 Å². The molecule has 7 nitrogen and oxygen atoms in total. The van der Waals surface area contributed by atoms with Crippen molar-refractivity contribution in [1.29, 1.82) is 0 Å². The van der Waals surface area contributed by atoms with Crippen molar-refractivity contribution in [3.05, 3.63) is 48.5 Å². The molecule has 2 heterocycles. The van der Waals surface area contributed by atoms with E-state index in [0.29, 0.717) is 22.9 Å². The highest BCUT2D eigenvalue weighted by molar-refractivity contribution is 7.91. The average molecular weight is 388 g/mol. The molecule has 2 unspecified atom stereocenters. The SMILES string of the molecule is COc1ccc(N2C(=O)N(c3ccc(OC)cc3)C3CS(=O)(=O)CC32)cc1. The Bertz CT molecular complexity index is 885. The van der Waals surface area contributed by atoms with Crippen LogP contribution < -0.4 is 19.3 Å². The lowest BCUT2D eigenvalue weighted by molar-refractivity contribution is 0.255. The van der Waals surface area contributed by atoms with Gasteiger partial charge in [-0.15, -0.1) is 0 Å². The summed E-state index contributed by atoms with van der Waals surface area (Å²) in [7, 11) is -0.0805. The summed E-state index contributed by atoms with van der Waals surface area (Å²) >= 11 is 0. The van der Waals surface area contributed by atoms with Gasteiger partial charge in [-0.25, -0.2) is 13.2 Å². The first-order valence-electron chi connectivity index (χ1n) is 8.54. The lowest BCUT2D eigenvalue weighted by Gasteiger charge is -2.23. The predicted octanol–water partition coefficient (Wildman–Crippen LogP) is 2.32. The maximum atomic E-state index is 13.2. The van der Waals surface area contributed by atoms with Crippen molar-refractivity contribution in [3.8, 4) is 11.5 Å². The maximum Gasteiger partial charge on any atom is 0.329 e. The number of ether oxygens (including phenoxy) is 2. The van der Waals surface area contributed by atoms with E-state index >= 15 is 0 Å². The minimum atomic E-state index is -3.22. The van der Waals surface area contributed by atoms with Gasteiger partial charge in [0, 0.05) is 11.4 Å². The number of carbonyl (C=O) groups excluding carboxylic acids is 1. The number of carbonyl (C=O) groups is 1. The van der Waals surface area contributed by atoms with Gasteiger partial charge in [-0.05, 0) is 48.5 Å². The third-order valence-corrected chi connectivity index (χ3v) is 6.77. The van der Waals surface area contributed by atoms with E-state index in [2.05, 4.69) is 0 Å². The van der Waals surface area contributed by atoms with Crippen LogP contribution in [-0.2, 0) is 9.84 Å². The van der Waals surface area contributed by atoms with Gasteiger partial charge in [0.25, 0.3) is 0 Å². The molecule has 0 spiro atoms. The number of amides is 2. The summed E-state index contributed by atoms with van der Waals surface area (Å²) in [5.74, 6) is 1.27. The molecule has 2 aromatic carbocycles. The zero-order valence-corrected chi connectivity index (χ0v) is 15.8. The van der Waals surface area contributed by atoms with E-state index in [-0.39, 0.29) is 17.5 Å². The molecule has 142 valence electrons. The van der Waals surface area contributed by atoms with Gasteiger partial charge < -0.3 is 9.47 Å². The Balaban J connectivity index is 1.75. The van der Waals surface area contributed by atoms with E-state index in [9.17, 15) is 13.2 Å². The van der Waals surface area contributed by atoms with Crippen LogP contribution in [0.5, 0.6) is 11.5 Å². The quantitative estimate of drug-likeness (QED) is 0.752. The summed E-state index contributed by atoms with van der Waals surface area (Å²) in [6, 6.07) is 13.1. The number of hydrogen-bond acceptors (Lipinski definition) is 5. The number of nitrogens with zero attached hydrogens (tertiary/aromatic N) is 2. The summed E-state index contributed by atoms with van der Waals surface area (Å²) in [6.07, 6.45) is 0. The second-order valence-electron chi connectivity index (χ2n) is 6.63. The Morgan fingerprint density at radius 3 is 1.48 bits per heavy atom. The number of rotatable bonds is 4. The van der Waals surface area contributed by atoms with Crippen LogP contribution in [0, 0.1) is 0 Å². The largest absolute Gasteiger partial charge is 0.497 e. The normalized spacial score (nSPS) is 23.4. The molecular formula is C19H20N2O5S. The lowest BCUT2D eigenvalue weighted by Crippen LogP contribution is -2.37. The first-order chi connectivity index (χ1) is 12.9. The van der Waals surface area contributed by atoms with Crippen molar-refractivity contribution in [2.24, 2.45) is 0 Å². The number of hydrogen-bond donors (Lipinski definition) is 0. The monoisotopic (exact) mass is 388 g/mol. The van der Waals surface area contributed by atoms with E-state index in [1.165, 1.54) is 0 Å². The molecule has 0 N–H and O–H groups in total. The van der Waals surface area contributed by atoms with Gasteiger partial charge in [0.2, 0.25) is 0 Å². The second kappa shape index (κ2) is 6.45. The van der Waals surface area contributed by atoms with E-state index in [1.807, 2.05) is 0 Å². The highest BCUT2D eigenvalue weighted by Gasteiger charge is 2.54. The van der Waals surface area contributed by atoms with Crippen molar-refractivity contribution in [3.63, 3.8) is 0 Å². The summed E-state index contributed by atoms with van der Waals surface area (Å²) in [5, 5.41) is 0. The molecular weight excluding hydrogens is 368 g/mol. The molecule has 0 aromatic heterocycles. The molecule has 8 heteroatoms. The van der Waals surface area contributed by atoms with Crippen molar-refractivity contribution in [1.82, 2.24) is 0 Å². The third kappa shape index (κ3) is 2.99. The topological polar surface area (TPSA) is 76.2 Å². The van der Waals surface area contributed by atoms with E-state index < -0.39 is 21.9 Å². The Morgan fingerprint density at radius 2 is 1.15 bits per heavy atom. The van der Waals surface area contributed by atoms with E-state index in [0.717, 1.165) is 0 Å². The molecule has 2 atom stereocenters. The fourth-order valence-electron chi connectivity index (χ4n) is 3.79. The Labute approximate surface area is 158 Å². The Morgan fingerprint density at radius 1 is 0.778 bits per heavy atom. The van der Waals surface area contributed by atoms with Gasteiger partial charge in [-0.1, -0.05) is 0 Å². The smallest absolute Gasteiger partial charge is 0.329 e. The number of anilines is 2. The minimum absolute atomic E-state index is 0.0396. The van der Waals surface area contributed by atoms with Gasteiger partial charge >= 0.3 is 6.03 Å². The van der Waals surface area contributed by atoms with Crippen LogP contribution in [0.15, 0.2) is 48.5 Å². The molecule has 2 amide bonds. The molecule has 2 aliphatic heterocycles. The first kappa shape index (κ1) is 17.7. The van der Waals surface area contributed by atoms with E-state index in [1.54, 1.807) is 72.6 Å². The molecule has 4 rings (SSSR count). The molecule has 2 saturated heterocycles. The summed E-state index contributed by atoms with van der Waals surface area (Å²) in [6.45, 7) is 0. The molecule has 0 aliphatic carbocycles. The first-order valence-corrected chi connectivity index (χ1v) is 10.4. The molecule has 0 radical (unpaired) electrons. The zero-order chi connectivity index (χ0) is 19.2. The van der Waals surface area contributed by atoms with Gasteiger partial charge in [-0.2, -0.15) is 0 Å². The number of sulfone groups is 1. The summed E-state index contributed by atoms with van der Waals surface area (Å²) in [4.78, 5) is 16.4. The summed E-state index contributed by atoms with van der Waals surface area (Å²) in [5.41, 5.74) is 1.31. The van der Waals surface area contributed by atoms with E-state index in [4.69, 9.17) is 9.47 Å². The molecule has 2 fully saturated rings.